The topological polar surface area (TPSA) is 73.5 Å². The number of carbonyl (C=O) groups is 2. The van der Waals surface area contributed by atoms with Crippen LogP contribution in [0.4, 0.5) is 0 Å². The first kappa shape index (κ1) is 21.0. The maximum Gasteiger partial charge on any atom is 0.251 e. The van der Waals surface area contributed by atoms with Gasteiger partial charge in [0.25, 0.3) is 5.91 Å². The summed E-state index contributed by atoms with van der Waals surface area (Å²) in [6.45, 7) is 5.74. The lowest BCUT2D eigenvalue weighted by Gasteiger charge is -2.27. The van der Waals surface area contributed by atoms with Crippen LogP contribution in [-0.2, 0) is 11.2 Å². The highest BCUT2D eigenvalue weighted by atomic mass is 16.2. The predicted octanol–water partition coefficient (Wildman–Crippen LogP) is 1.44. The van der Waals surface area contributed by atoms with E-state index in [-0.39, 0.29) is 11.8 Å². The van der Waals surface area contributed by atoms with Gasteiger partial charge in [-0.1, -0.05) is 48.5 Å². The van der Waals surface area contributed by atoms with Gasteiger partial charge in [0, 0.05) is 44.7 Å². The van der Waals surface area contributed by atoms with Crippen LogP contribution in [-0.4, -0.2) is 62.0 Å². The maximum absolute atomic E-state index is 12.8. The molecule has 154 valence electrons. The van der Waals surface area contributed by atoms with Gasteiger partial charge in [-0.15, -0.1) is 0 Å². The minimum absolute atomic E-state index is 0.140. The second kappa shape index (κ2) is 11.3. The van der Waals surface area contributed by atoms with E-state index in [1.165, 1.54) is 0 Å². The lowest BCUT2D eigenvalue weighted by molar-refractivity contribution is -0.122. The van der Waals surface area contributed by atoms with Gasteiger partial charge in [0.05, 0.1) is 0 Å². The molecule has 2 aromatic rings. The molecule has 2 amide bonds. The molecule has 1 saturated heterocycles. The van der Waals surface area contributed by atoms with Gasteiger partial charge in [0.2, 0.25) is 5.91 Å². The van der Waals surface area contributed by atoms with Crippen LogP contribution in [0.15, 0.2) is 60.7 Å². The van der Waals surface area contributed by atoms with Crippen LogP contribution in [0.1, 0.15) is 22.3 Å². The van der Waals surface area contributed by atoms with E-state index < -0.39 is 6.04 Å². The Bertz CT molecular complexity index is 761. The highest BCUT2D eigenvalue weighted by Gasteiger charge is 2.21. The van der Waals surface area contributed by atoms with Crippen LogP contribution >= 0.6 is 0 Å². The van der Waals surface area contributed by atoms with Crippen LogP contribution in [0.25, 0.3) is 0 Å². The molecule has 0 aliphatic carbocycles. The fourth-order valence-corrected chi connectivity index (χ4v) is 3.46. The highest BCUT2D eigenvalue weighted by Crippen LogP contribution is 2.06. The lowest BCUT2D eigenvalue weighted by Crippen LogP contribution is -2.49. The third kappa shape index (κ3) is 7.00. The minimum Gasteiger partial charge on any atom is -0.354 e. The molecule has 3 rings (SSSR count). The molecule has 0 bridgehead atoms. The Morgan fingerprint density at radius 3 is 2.31 bits per heavy atom. The van der Waals surface area contributed by atoms with E-state index in [2.05, 4.69) is 20.9 Å². The SMILES string of the molecule is O=C(NC(Cc1ccccc1)C(=O)NCCCN1CCNCC1)c1ccccc1. The summed E-state index contributed by atoms with van der Waals surface area (Å²) in [6.07, 6.45) is 1.36. The van der Waals surface area contributed by atoms with Crippen molar-refractivity contribution < 1.29 is 9.59 Å². The van der Waals surface area contributed by atoms with Gasteiger partial charge in [-0.05, 0) is 30.7 Å². The van der Waals surface area contributed by atoms with Gasteiger partial charge in [-0.2, -0.15) is 0 Å². The Morgan fingerprint density at radius 1 is 0.966 bits per heavy atom. The Balaban J connectivity index is 1.54. The van der Waals surface area contributed by atoms with E-state index in [1.807, 2.05) is 48.5 Å². The average Bonchev–Trinajstić information content (AvgIpc) is 2.78. The molecule has 2 aromatic carbocycles. The summed E-state index contributed by atoms with van der Waals surface area (Å²) in [5.74, 6) is -0.374. The Labute approximate surface area is 172 Å². The zero-order chi connectivity index (χ0) is 20.3. The smallest absolute Gasteiger partial charge is 0.251 e. The number of carbonyl (C=O) groups excluding carboxylic acids is 2. The van der Waals surface area contributed by atoms with Crippen molar-refractivity contribution in [2.45, 2.75) is 18.9 Å². The van der Waals surface area contributed by atoms with Crippen molar-refractivity contribution >= 4 is 11.8 Å². The molecule has 1 aliphatic rings. The molecular weight excluding hydrogens is 364 g/mol. The molecule has 1 atom stereocenters. The van der Waals surface area contributed by atoms with Gasteiger partial charge in [0.15, 0.2) is 0 Å². The first-order valence-electron chi connectivity index (χ1n) is 10.3. The molecule has 0 spiro atoms. The van der Waals surface area contributed by atoms with Gasteiger partial charge < -0.3 is 20.9 Å². The molecule has 6 nitrogen and oxygen atoms in total. The molecule has 0 radical (unpaired) electrons. The molecule has 0 saturated carbocycles. The predicted molar refractivity (Wildman–Crippen MR) is 115 cm³/mol. The number of nitrogens with one attached hydrogen (secondary N) is 3. The first-order chi connectivity index (χ1) is 14.2. The summed E-state index contributed by atoms with van der Waals surface area (Å²) < 4.78 is 0. The monoisotopic (exact) mass is 394 g/mol. The van der Waals surface area contributed by atoms with E-state index in [4.69, 9.17) is 0 Å². The molecule has 0 aromatic heterocycles. The summed E-state index contributed by atoms with van der Waals surface area (Å²) in [6, 6.07) is 18.2. The fourth-order valence-electron chi connectivity index (χ4n) is 3.46. The fraction of sp³-hybridized carbons (Fsp3) is 0.391. The summed E-state index contributed by atoms with van der Waals surface area (Å²) in [5, 5.41) is 9.25. The molecule has 1 aliphatic heterocycles. The van der Waals surface area contributed by atoms with Crippen LogP contribution in [0, 0.1) is 0 Å². The Hall–Kier alpha value is -2.70. The van der Waals surface area contributed by atoms with Crippen LogP contribution in [0.3, 0.4) is 0 Å². The molecule has 3 N–H and O–H groups in total. The van der Waals surface area contributed by atoms with Crippen molar-refractivity contribution in [1.29, 1.82) is 0 Å². The van der Waals surface area contributed by atoms with E-state index in [1.54, 1.807) is 12.1 Å². The molecule has 1 unspecified atom stereocenters. The molecule has 1 fully saturated rings. The standard InChI is InChI=1S/C23H30N4O2/c28-22(20-10-5-2-6-11-20)26-21(18-19-8-3-1-4-9-19)23(29)25-12-7-15-27-16-13-24-14-17-27/h1-6,8-11,21,24H,7,12-18H2,(H,25,29)(H,26,28). The second-order valence-electron chi connectivity index (χ2n) is 7.32. The number of nitrogens with zero attached hydrogens (tertiary/aromatic N) is 1. The first-order valence-corrected chi connectivity index (χ1v) is 10.3. The van der Waals surface area contributed by atoms with Gasteiger partial charge in [-0.25, -0.2) is 0 Å². The molecule has 29 heavy (non-hydrogen) atoms. The summed E-state index contributed by atoms with van der Waals surface area (Å²) in [4.78, 5) is 27.8. The minimum atomic E-state index is -0.607. The van der Waals surface area contributed by atoms with Crippen LogP contribution in [0.5, 0.6) is 0 Å². The van der Waals surface area contributed by atoms with Crippen LogP contribution < -0.4 is 16.0 Å². The lowest BCUT2D eigenvalue weighted by atomic mass is 10.0. The zero-order valence-electron chi connectivity index (χ0n) is 16.8. The second-order valence-corrected chi connectivity index (χ2v) is 7.32. The highest BCUT2D eigenvalue weighted by molar-refractivity contribution is 5.97. The zero-order valence-corrected chi connectivity index (χ0v) is 16.8. The number of hydrogen-bond donors (Lipinski definition) is 3. The third-order valence-corrected chi connectivity index (χ3v) is 5.10. The third-order valence-electron chi connectivity index (χ3n) is 5.10. The van der Waals surface area contributed by atoms with Crippen molar-refractivity contribution in [3.63, 3.8) is 0 Å². The number of rotatable bonds is 9. The Morgan fingerprint density at radius 2 is 1.62 bits per heavy atom. The van der Waals surface area contributed by atoms with Crippen molar-refractivity contribution in [3.8, 4) is 0 Å². The van der Waals surface area contributed by atoms with E-state index in [9.17, 15) is 9.59 Å². The normalized spacial score (nSPS) is 15.4. The molecule has 6 heteroatoms. The maximum atomic E-state index is 12.8. The van der Waals surface area contributed by atoms with Crippen molar-refractivity contribution in [2.24, 2.45) is 0 Å². The van der Waals surface area contributed by atoms with Crippen molar-refractivity contribution in [3.05, 3.63) is 71.8 Å². The van der Waals surface area contributed by atoms with Gasteiger partial charge in [0.1, 0.15) is 6.04 Å². The largest absolute Gasteiger partial charge is 0.354 e. The Kier molecular flexibility index (Phi) is 8.22. The summed E-state index contributed by atoms with van der Waals surface area (Å²) in [7, 11) is 0. The quantitative estimate of drug-likeness (QED) is 0.563. The molecule has 1 heterocycles. The number of hydrogen-bond acceptors (Lipinski definition) is 4. The van der Waals surface area contributed by atoms with Crippen molar-refractivity contribution in [1.82, 2.24) is 20.9 Å². The van der Waals surface area contributed by atoms with Crippen LogP contribution in [0.2, 0.25) is 0 Å². The number of amides is 2. The van der Waals surface area contributed by atoms with Gasteiger partial charge in [-0.3, -0.25) is 9.59 Å². The number of benzene rings is 2. The van der Waals surface area contributed by atoms with Crippen molar-refractivity contribution in [2.75, 3.05) is 39.3 Å². The average molecular weight is 395 g/mol. The van der Waals surface area contributed by atoms with E-state index >= 15 is 0 Å². The van der Waals surface area contributed by atoms with E-state index in [0.717, 1.165) is 44.7 Å². The summed E-state index contributed by atoms with van der Waals surface area (Å²) in [5.41, 5.74) is 1.57. The van der Waals surface area contributed by atoms with Gasteiger partial charge >= 0.3 is 0 Å². The number of piperazine rings is 1. The summed E-state index contributed by atoms with van der Waals surface area (Å²) >= 11 is 0. The van der Waals surface area contributed by atoms with E-state index in [0.29, 0.717) is 18.5 Å². The molecular formula is C23H30N4O2.